The van der Waals surface area contributed by atoms with Gasteiger partial charge in [-0.25, -0.2) is 8.42 Å². The van der Waals surface area contributed by atoms with Crippen molar-refractivity contribution < 1.29 is 13.2 Å². The molecule has 0 heterocycles. The Bertz CT molecular complexity index is 596. The first-order chi connectivity index (χ1) is 9.15. The summed E-state index contributed by atoms with van der Waals surface area (Å²) in [5.74, 6) is 0.168. The van der Waals surface area contributed by atoms with Crippen LogP contribution in [-0.4, -0.2) is 39.1 Å². The highest BCUT2D eigenvalue weighted by Crippen LogP contribution is 2.18. The van der Waals surface area contributed by atoms with Gasteiger partial charge in [0.05, 0.1) is 4.90 Å². The highest BCUT2D eigenvalue weighted by Gasteiger charge is 2.17. The van der Waals surface area contributed by atoms with Crippen LogP contribution in [0.2, 0.25) is 0 Å². The summed E-state index contributed by atoms with van der Waals surface area (Å²) in [7, 11) is -1.68. The molecule has 0 aromatic heterocycles. The van der Waals surface area contributed by atoms with Crippen molar-refractivity contribution in [2.75, 3.05) is 25.6 Å². The van der Waals surface area contributed by atoms with Gasteiger partial charge in [-0.05, 0) is 24.1 Å². The van der Waals surface area contributed by atoms with Gasteiger partial charge >= 0.3 is 0 Å². The zero-order valence-electron chi connectivity index (χ0n) is 12.4. The molecule has 0 spiro atoms. The van der Waals surface area contributed by atoms with E-state index < -0.39 is 9.84 Å². The lowest BCUT2D eigenvalue weighted by Gasteiger charge is -2.21. The number of nitrogens with zero attached hydrogens (tertiary/aromatic N) is 1. The molecule has 0 aliphatic heterocycles. The maximum atomic E-state index is 12.3. The van der Waals surface area contributed by atoms with Crippen molar-refractivity contribution in [3.63, 3.8) is 0 Å². The molecule has 1 amide bonds. The number of nitrogens with two attached hydrogens (primary N) is 1. The molecule has 1 aromatic rings. The summed E-state index contributed by atoms with van der Waals surface area (Å²) in [6.07, 6.45) is 2.07. The van der Waals surface area contributed by atoms with E-state index in [9.17, 15) is 13.2 Å². The lowest BCUT2D eigenvalue weighted by Crippen LogP contribution is -2.31. The van der Waals surface area contributed by atoms with Gasteiger partial charge in [0.1, 0.15) is 0 Å². The van der Waals surface area contributed by atoms with Crippen molar-refractivity contribution in [1.82, 2.24) is 4.90 Å². The van der Waals surface area contributed by atoms with Gasteiger partial charge < -0.3 is 10.6 Å². The number of carbonyl (C=O) groups is 1. The molecule has 0 aliphatic rings. The first-order valence-electron chi connectivity index (χ1n) is 6.51. The molecule has 0 fully saturated rings. The minimum absolute atomic E-state index is 0.0674. The Balaban J connectivity index is 3.08. The van der Waals surface area contributed by atoms with Gasteiger partial charge in [0.25, 0.3) is 5.91 Å². The van der Waals surface area contributed by atoms with E-state index in [2.05, 4.69) is 13.8 Å². The van der Waals surface area contributed by atoms with E-state index in [4.69, 9.17) is 5.73 Å². The molecule has 6 heteroatoms. The zero-order valence-corrected chi connectivity index (χ0v) is 13.2. The summed E-state index contributed by atoms with van der Waals surface area (Å²) >= 11 is 0. The molecule has 1 aromatic carbocycles. The number of sulfone groups is 1. The Morgan fingerprint density at radius 3 is 2.45 bits per heavy atom. The zero-order chi connectivity index (χ0) is 15.5. The topological polar surface area (TPSA) is 80.5 Å². The van der Waals surface area contributed by atoms with Crippen molar-refractivity contribution in [3.05, 3.63) is 23.8 Å². The fraction of sp³-hybridized carbons (Fsp3) is 0.500. The summed E-state index contributed by atoms with van der Waals surface area (Å²) < 4.78 is 23.1. The Morgan fingerprint density at radius 1 is 1.35 bits per heavy atom. The maximum Gasteiger partial charge on any atom is 0.253 e. The van der Waals surface area contributed by atoms with Crippen LogP contribution in [0.25, 0.3) is 0 Å². The number of amides is 1. The fourth-order valence-corrected chi connectivity index (χ4v) is 2.55. The number of rotatable bonds is 5. The van der Waals surface area contributed by atoms with Crippen LogP contribution in [0.1, 0.15) is 30.6 Å². The van der Waals surface area contributed by atoms with Gasteiger partial charge in [0.2, 0.25) is 0 Å². The number of carbonyl (C=O) groups excluding carboxylic acids is 1. The molecule has 0 aliphatic carbocycles. The average molecular weight is 298 g/mol. The van der Waals surface area contributed by atoms with Crippen molar-refractivity contribution >= 4 is 21.4 Å². The van der Waals surface area contributed by atoms with E-state index in [1.165, 1.54) is 18.2 Å². The van der Waals surface area contributed by atoms with Gasteiger partial charge in [-0.3, -0.25) is 4.79 Å². The minimum atomic E-state index is -3.39. The van der Waals surface area contributed by atoms with Crippen LogP contribution in [0.4, 0.5) is 5.69 Å². The lowest BCUT2D eigenvalue weighted by atomic mass is 10.1. The van der Waals surface area contributed by atoms with Crippen molar-refractivity contribution in [2.45, 2.75) is 25.2 Å². The average Bonchev–Trinajstić information content (AvgIpc) is 2.35. The van der Waals surface area contributed by atoms with E-state index in [0.29, 0.717) is 18.0 Å². The van der Waals surface area contributed by atoms with E-state index >= 15 is 0 Å². The second-order valence-electron chi connectivity index (χ2n) is 5.26. The molecule has 20 heavy (non-hydrogen) atoms. The Kier molecular flexibility index (Phi) is 5.16. The number of hydrogen-bond donors (Lipinski definition) is 1. The SMILES string of the molecule is CCC(C)CN(C)C(=O)c1cc(N)cc(S(C)(=O)=O)c1. The Morgan fingerprint density at radius 2 is 1.95 bits per heavy atom. The van der Waals surface area contributed by atoms with Crippen LogP contribution >= 0.6 is 0 Å². The summed E-state index contributed by atoms with van der Waals surface area (Å²) in [5.41, 5.74) is 6.26. The number of benzene rings is 1. The first-order valence-corrected chi connectivity index (χ1v) is 8.40. The van der Waals surface area contributed by atoms with E-state index in [1.807, 2.05) is 0 Å². The van der Waals surface area contributed by atoms with Crippen LogP contribution in [0.15, 0.2) is 23.1 Å². The Labute approximate surface area is 120 Å². The molecule has 0 radical (unpaired) electrons. The van der Waals surface area contributed by atoms with E-state index in [1.54, 1.807) is 11.9 Å². The van der Waals surface area contributed by atoms with Crippen LogP contribution in [0.5, 0.6) is 0 Å². The first kappa shape index (κ1) is 16.5. The second kappa shape index (κ2) is 6.26. The molecule has 1 atom stereocenters. The van der Waals surface area contributed by atoms with E-state index in [-0.39, 0.29) is 16.5 Å². The van der Waals surface area contributed by atoms with Crippen LogP contribution in [0, 0.1) is 5.92 Å². The summed E-state index contributed by atoms with van der Waals surface area (Å²) in [6, 6.07) is 4.24. The van der Waals surface area contributed by atoms with Crippen LogP contribution < -0.4 is 5.73 Å². The predicted molar refractivity (Wildman–Crippen MR) is 80.4 cm³/mol. The largest absolute Gasteiger partial charge is 0.399 e. The normalized spacial score (nSPS) is 13.0. The van der Waals surface area contributed by atoms with E-state index in [0.717, 1.165) is 12.7 Å². The summed E-state index contributed by atoms with van der Waals surface area (Å²) in [4.78, 5) is 14.0. The quantitative estimate of drug-likeness (QED) is 0.840. The molecule has 5 nitrogen and oxygen atoms in total. The van der Waals surface area contributed by atoms with Gasteiger partial charge in [-0.15, -0.1) is 0 Å². The third-order valence-electron chi connectivity index (χ3n) is 3.23. The van der Waals surface area contributed by atoms with Gasteiger partial charge in [0, 0.05) is 31.1 Å². The van der Waals surface area contributed by atoms with Crippen molar-refractivity contribution in [2.24, 2.45) is 5.92 Å². The Hall–Kier alpha value is -1.56. The molecular weight excluding hydrogens is 276 g/mol. The highest BCUT2D eigenvalue weighted by atomic mass is 32.2. The molecular formula is C14H22N2O3S. The highest BCUT2D eigenvalue weighted by molar-refractivity contribution is 7.90. The van der Waals surface area contributed by atoms with Crippen LogP contribution in [0.3, 0.4) is 0 Å². The second-order valence-corrected chi connectivity index (χ2v) is 7.28. The maximum absolute atomic E-state index is 12.3. The smallest absolute Gasteiger partial charge is 0.253 e. The van der Waals surface area contributed by atoms with Crippen molar-refractivity contribution in [1.29, 1.82) is 0 Å². The molecule has 0 saturated carbocycles. The molecule has 112 valence electrons. The number of hydrogen-bond acceptors (Lipinski definition) is 4. The summed E-state index contributed by atoms with van der Waals surface area (Å²) in [6.45, 7) is 4.74. The monoisotopic (exact) mass is 298 g/mol. The predicted octanol–water partition coefficient (Wildman–Crippen LogP) is 1.79. The lowest BCUT2D eigenvalue weighted by molar-refractivity contribution is 0.0774. The summed E-state index contributed by atoms with van der Waals surface area (Å²) in [5, 5.41) is 0. The van der Waals surface area contributed by atoms with Crippen LogP contribution in [-0.2, 0) is 9.84 Å². The van der Waals surface area contributed by atoms with Gasteiger partial charge in [0.15, 0.2) is 9.84 Å². The third kappa shape index (κ3) is 4.23. The molecule has 0 bridgehead atoms. The molecule has 2 N–H and O–H groups in total. The standard InChI is InChI=1S/C14H22N2O3S/c1-5-10(2)9-16(3)14(17)11-6-12(15)8-13(7-11)20(4,18)19/h6-8,10H,5,9,15H2,1-4H3. The number of anilines is 1. The van der Waals surface area contributed by atoms with Crippen molar-refractivity contribution in [3.8, 4) is 0 Å². The van der Waals surface area contributed by atoms with Gasteiger partial charge in [-0.1, -0.05) is 20.3 Å². The minimum Gasteiger partial charge on any atom is -0.399 e. The number of nitrogen functional groups attached to an aromatic ring is 1. The molecule has 1 rings (SSSR count). The molecule has 1 unspecified atom stereocenters. The molecule has 0 saturated heterocycles. The van der Waals surface area contributed by atoms with Gasteiger partial charge in [-0.2, -0.15) is 0 Å². The fourth-order valence-electron chi connectivity index (χ4n) is 1.86. The third-order valence-corrected chi connectivity index (χ3v) is 4.33.